The molecule has 0 saturated carbocycles. The van der Waals surface area contributed by atoms with Crippen LogP contribution >= 0.6 is 0 Å². The van der Waals surface area contributed by atoms with Gasteiger partial charge in [-0.15, -0.1) is 0 Å². The largest absolute Gasteiger partial charge is 0.284 e. The first kappa shape index (κ1) is 13.7. The number of nitrogens with zero attached hydrogens (tertiary/aromatic N) is 2. The molecule has 2 nitrogen and oxygen atoms in total. The Kier molecular flexibility index (Phi) is 4.72. The lowest BCUT2D eigenvalue weighted by molar-refractivity contribution is 0.239. The van der Waals surface area contributed by atoms with Gasteiger partial charge in [0.2, 0.25) is 0 Å². The molecular weight excluding hydrogens is 208 g/mol. The Morgan fingerprint density at radius 2 is 1.71 bits per heavy atom. The molecule has 0 N–H and O–H groups in total. The van der Waals surface area contributed by atoms with Gasteiger partial charge in [-0.05, 0) is 51.3 Å². The van der Waals surface area contributed by atoms with Crippen molar-refractivity contribution in [2.24, 2.45) is 0 Å². The van der Waals surface area contributed by atoms with Crippen molar-refractivity contribution in [1.29, 1.82) is 5.26 Å². The first-order valence-electron chi connectivity index (χ1n) is 6.13. The summed E-state index contributed by atoms with van der Waals surface area (Å²) in [6, 6.07) is 7.07. The number of hydrogen-bond acceptors (Lipinski definition) is 2. The average Bonchev–Trinajstić information content (AvgIpc) is 2.21. The van der Waals surface area contributed by atoms with Crippen LogP contribution in [0.15, 0.2) is 12.1 Å². The summed E-state index contributed by atoms with van der Waals surface area (Å²) in [5.74, 6) is 0. The second-order valence-electron chi connectivity index (χ2n) is 5.03. The van der Waals surface area contributed by atoms with E-state index >= 15 is 0 Å². The van der Waals surface area contributed by atoms with Crippen molar-refractivity contribution in [2.45, 2.75) is 47.2 Å². The molecule has 0 unspecified atom stereocenters. The van der Waals surface area contributed by atoms with Crippen molar-refractivity contribution in [3.63, 3.8) is 0 Å². The van der Waals surface area contributed by atoms with E-state index in [0.717, 1.165) is 6.54 Å². The van der Waals surface area contributed by atoms with Crippen LogP contribution < -0.4 is 0 Å². The molecule has 0 aliphatic carbocycles. The van der Waals surface area contributed by atoms with Gasteiger partial charge in [-0.25, -0.2) is 0 Å². The van der Waals surface area contributed by atoms with Crippen LogP contribution in [0.3, 0.4) is 0 Å². The Bertz CT molecular complexity index is 404. The van der Waals surface area contributed by atoms with Crippen LogP contribution in [0.2, 0.25) is 0 Å². The zero-order chi connectivity index (χ0) is 13.0. The van der Waals surface area contributed by atoms with Gasteiger partial charge in [0.05, 0.1) is 12.6 Å². The second-order valence-corrected chi connectivity index (χ2v) is 5.03. The van der Waals surface area contributed by atoms with Crippen LogP contribution in [0.25, 0.3) is 0 Å². The molecule has 1 aromatic carbocycles. The highest BCUT2D eigenvalue weighted by atomic mass is 15.1. The molecule has 1 rings (SSSR count). The highest BCUT2D eigenvalue weighted by molar-refractivity contribution is 5.37. The summed E-state index contributed by atoms with van der Waals surface area (Å²) in [5, 5.41) is 8.85. The Morgan fingerprint density at radius 3 is 2.12 bits per heavy atom. The van der Waals surface area contributed by atoms with E-state index < -0.39 is 0 Å². The molecule has 0 spiro atoms. The molecule has 0 atom stereocenters. The minimum Gasteiger partial charge on any atom is -0.284 e. The summed E-state index contributed by atoms with van der Waals surface area (Å²) in [6.07, 6.45) is 0. The van der Waals surface area contributed by atoms with Crippen LogP contribution in [0, 0.1) is 32.1 Å². The number of rotatable bonds is 4. The van der Waals surface area contributed by atoms with E-state index in [1.165, 1.54) is 22.3 Å². The maximum absolute atomic E-state index is 8.85. The molecule has 0 radical (unpaired) electrons. The van der Waals surface area contributed by atoms with Crippen molar-refractivity contribution in [3.05, 3.63) is 34.4 Å². The zero-order valence-corrected chi connectivity index (χ0v) is 11.5. The van der Waals surface area contributed by atoms with Crippen molar-refractivity contribution in [2.75, 3.05) is 6.54 Å². The SMILES string of the molecule is Cc1cc(C)c(CN(CC#N)C(C)C)c(C)c1. The van der Waals surface area contributed by atoms with E-state index in [9.17, 15) is 0 Å². The molecule has 0 heterocycles. The van der Waals surface area contributed by atoms with Gasteiger partial charge in [-0.3, -0.25) is 4.90 Å². The van der Waals surface area contributed by atoms with Crippen molar-refractivity contribution in [1.82, 2.24) is 4.90 Å². The Labute approximate surface area is 105 Å². The van der Waals surface area contributed by atoms with Gasteiger partial charge in [0.1, 0.15) is 0 Å². The van der Waals surface area contributed by atoms with Crippen LogP contribution in [0.5, 0.6) is 0 Å². The van der Waals surface area contributed by atoms with E-state index in [4.69, 9.17) is 5.26 Å². The maximum Gasteiger partial charge on any atom is 0.0871 e. The first-order valence-corrected chi connectivity index (χ1v) is 6.13. The fourth-order valence-corrected chi connectivity index (χ4v) is 2.17. The molecule has 2 heteroatoms. The Balaban J connectivity index is 2.98. The maximum atomic E-state index is 8.85. The number of aryl methyl sites for hydroxylation is 3. The van der Waals surface area contributed by atoms with Gasteiger partial charge in [0, 0.05) is 12.6 Å². The van der Waals surface area contributed by atoms with Gasteiger partial charge in [-0.1, -0.05) is 17.7 Å². The average molecular weight is 230 g/mol. The molecule has 0 aliphatic rings. The summed E-state index contributed by atoms with van der Waals surface area (Å²) >= 11 is 0. The second kappa shape index (κ2) is 5.84. The van der Waals surface area contributed by atoms with Crippen LogP contribution in [0.1, 0.15) is 36.1 Å². The lowest BCUT2D eigenvalue weighted by Crippen LogP contribution is -2.31. The smallest absolute Gasteiger partial charge is 0.0871 e. The normalized spacial score (nSPS) is 10.9. The zero-order valence-electron chi connectivity index (χ0n) is 11.5. The molecule has 0 saturated heterocycles. The molecule has 0 bridgehead atoms. The Morgan fingerprint density at radius 1 is 1.18 bits per heavy atom. The molecule has 0 aromatic heterocycles. The number of benzene rings is 1. The minimum absolute atomic E-state index is 0.398. The van der Waals surface area contributed by atoms with Crippen molar-refractivity contribution < 1.29 is 0 Å². The summed E-state index contributed by atoms with van der Waals surface area (Å²) in [6.45, 7) is 12.1. The molecule has 0 amide bonds. The van der Waals surface area contributed by atoms with Gasteiger partial charge >= 0.3 is 0 Å². The molecule has 17 heavy (non-hydrogen) atoms. The fraction of sp³-hybridized carbons (Fsp3) is 0.533. The minimum atomic E-state index is 0.398. The van der Waals surface area contributed by atoms with Gasteiger partial charge in [0.25, 0.3) is 0 Å². The summed E-state index contributed by atoms with van der Waals surface area (Å²) in [4.78, 5) is 2.20. The van der Waals surface area contributed by atoms with Crippen LogP contribution in [-0.4, -0.2) is 17.5 Å². The van der Waals surface area contributed by atoms with Gasteiger partial charge in [0.15, 0.2) is 0 Å². The Hall–Kier alpha value is -1.33. The lowest BCUT2D eigenvalue weighted by Gasteiger charge is -2.25. The number of nitriles is 1. The quantitative estimate of drug-likeness (QED) is 0.742. The molecule has 1 aromatic rings. The topological polar surface area (TPSA) is 27.0 Å². The van der Waals surface area contributed by atoms with Gasteiger partial charge < -0.3 is 0 Å². The first-order chi connectivity index (χ1) is 7.95. The highest BCUT2D eigenvalue weighted by Gasteiger charge is 2.12. The molecule has 92 valence electrons. The third-order valence-corrected chi connectivity index (χ3v) is 3.21. The van der Waals surface area contributed by atoms with E-state index in [2.05, 4.69) is 57.7 Å². The van der Waals surface area contributed by atoms with E-state index in [1.54, 1.807) is 0 Å². The van der Waals surface area contributed by atoms with Crippen LogP contribution in [0.4, 0.5) is 0 Å². The highest BCUT2D eigenvalue weighted by Crippen LogP contribution is 2.19. The van der Waals surface area contributed by atoms with Crippen molar-refractivity contribution in [3.8, 4) is 6.07 Å². The predicted octanol–water partition coefficient (Wildman–Crippen LogP) is 3.35. The fourth-order valence-electron chi connectivity index (χ4n) is 2.17. The summed E-state index contributed by atoms with van der Waals surface area (Å²) in [5.41, 5.74) is 5.32. The monoisotopic (exact) mass is 230 g/mol. The molecule has 0 aliphatic heterocycles. The summed E-state index contributed by atoms with van der Waals surface area (Å²) < 4.78 is 0. The third-order valence-electron chi connectivity index (χ3n) is 3.21. The van der Waals surface area contributed by atoms with E-state index in [-0.39, 0.29) is 0 Å². The lowest BCUT2D eigenvalue weighted by atomic mass is 9.99. The number of hydrogen-bond donors (Lipinski definition) is 0. The van der Waals surface area contributed by atoms with Gasteiger partial charge in [-0.2, -0.15) is 5.26 Å². The summed E-state index contributed by atoms with van der Waals surface area (Å²) in [7, 11) is 0. The predicted molar refractivity (Wildman–Crippen MR) is 71.8 cm³/mol. The van der Waals surface area contributed by atoms with Crippen molar-refractivity contribution >= 4 is 0 Å². The van der Waals surface area contributed by atoms with Crippen LogP contribution in [-0.2, 0) is 6.54 Å². The third kappa shape index (κ3) is 3.57. The molecular formula is C15H22N2. The van der Waals surface area contributed by atoms with E-state index in [1.807, 2.05) is 0 Å². The van der Waals surface area contributed by atoms with E-state index in [0.29, 0.717) is 12.6 Å². The standard InChI is InChI=1S/C15H22N2/c1-11(2)17(7-6-16)10-15-13(4)8-12(3)9-14(15)5/h8-9,11H,7,10H2,1-5H3. The molecule has 0 fully saturated rings.